The molecule has 8 heteroatoms. The number of hydrogen-bond acceptors (Lipinski definition) is 7. The SMILES string of the molecule is CCOC(=O)C1CCN(c2ncnc(Nc3cccc(Cl)c3)c2N)CC1. The van der Waals surface area contributed by atoms with E-state index in [1.54, 1.807) is 12.1 Å². The first kappa shape index (κ1) is 18.3. The summed E-state index contributed by atoms with van der Waals surface area (Å²) in [7, 11) is 0. The lowest BCUT2D eigenvalue weighted by Crippen LogP contribution is -2.37. The normalized spacial score (nSPS) is 14.9. The van der Waals surface area contributed by atoms with Gasteiger partial charge in [-0.2, -0.15) is 0 Å². The van der Waals surface area contributed by atoms with E-state index in [1.165, 1.54) is 6.33 Å². The van der Waals surface area contributed by atoms with Crippen LogP contribution in [0.5, 0.6) is 0 Å². The van der Waals surface area contributed by atoms with Crippen molar-refractivity contribution < 1.29 is 9.53 Å². The van der Waals surface area contributed by atoms with Crippen LogP contribution >= 0.6 is 11.6 Å². The van der Waals surface area contributed by atoms with Crippen LogP contribution in [-0.2, 0) is 9.53 Å². The van der Waals surface area contributed by atoms with Crippen LogP contribution in [-0.4, -0.2) is 35.6 Å². The molecule has 1 aromatic carbocycles. The van der Waals surface area contributed by atoms with Crippen molar-refractivity contribution in [2.45, 2.75) is 19.8 Å². The first-order valence-electron chi connectivity index (χ1n) is 8.63. The van der Waals surface area contributed by atoms with Crippen molar-refractivity contribution in [3.05, 3.63) is 35.6 Å². The summed E-state index contributed by atoms with van der Waals surface area (Å²) in [4.78, 5) is 22.5. The number of piperidine rings is 1. The smallest absolute Gasteiger partial charge is 0.309 e. The summed E-state index contributed by atoms with van der Waals surface area (Å²) in [6, 6.07) is 7.34. The summed E-state index contributed by atoms with van der Waals surface area (Å²) in [6.07, 6.45) is 2.93. The maximum atomic E-state index is 11.9. The van der Waals surface area contributed by atoms with E-state index in [2.05, 4.69) is 20.2 Å². The second-order valence-electron chi connectivity index (χ2n) is 6.11. The van der Waals surface area contributed by atoms with E-state index in [0.717, 1.165) is 18.5 Å². The summed E-state index contributed by atoms with van der Waals surface area (Å²) in [6.45, 7) is 3.63. The molecule has 0 unspecified atom stereocenters. The number of anilines is 4. The highest BCUT2D eigenvalue weighted by Gasteiger charge is 2.27. The fourth-order valence-corrected chi connectivity index (χ4v) is 3.22. The number of carbonyl (C=O) groups excluding carboxylic acids is 1. The molecular weight excluding hydrogens is 354 g/mol. The zero-order valence-corrected chi connectivity index (χ0v) is 15.4. The van der Waals surface area contributed by atoms with E-state index < -0.39 is 0 Å². The van der Waals surface area contributed by atoms with Gasteiger partial charge in [-0.25, -0.2) is 9.97 Å². The second kappa shape index (κ2) is 8.23. The molecule has 0 bridgehead atoms. The lowest BCUT2D eigenvalue weighted by Gasteiger charge is -2.32. The van der Waals surface area contributed by atoms with E-state index in [9.17, 15) is 4.79 Å². The van der Waals surface area contributed by atoms with Gasteiger partial charge in [0.1, 0.15) is 12.0 Å². The van der Waals surface area contributed by atoms with Gasteiger partial charge in [-0.15, -0.1) is 0 Å². The Morgan fingerprint density at radius 1 is 1.38 bits per heavy atom. The molecule has 3 rings (SSSR count). The van der Waals surface area contributed by atoms with Crippen LogP contribution in [0.15, 0.2) is 30.6 Å². The number of nitrogen functional groups attached to an aromatic ring is 1. The van der Waals surface area contributed by atoms with Crippen LogP contribution in [0, 0.1) is 5.92 Å². The van der Waals surface area contributed by atoms with Crippen molar-refractivity contribution in [1.29, 1.82) is 0 Å². The van der Waals surface area contributed by atoms with E-state index in [0.29, 0.717) is 42.0 Å². The van der Waals surface area contributed by atoms with Gasteiger partial charge in [0, 0.05) is 23.8 Å². The zero-order valence-electron chi connectivity index (χ0n) is 14.6. The first-order valence-corrected chi connectivity index (χ1v) is 9.01. The summed E-state index contributed by atoms with van der Waals surface area (Å²) in [5.74, 6) is 1.03. The largest absolute Gasteiger partial charge is 0.466 e. The number of rotatable bonds is 5. The summed E-state index contributed by atoms with van der Waals surface area (Å²) < 4.78 is 5.11. The molecule has 3 N–H and O–H groups in total. The molecule has 0 atom stereocenters. The lowest BCUT2D eigenvalue weighted by atomic mass is 9.97. The predicted octanol–water partition coefficient (Wildman–Crippen LogP) is 3.24. The lowest BCUT2D eigenvalue weighted by molar-refractivity contribution is -0.148. The fraction of sp³-hybridized carbons (Fsp3) is 0.389. The number of ether oxygens (including phenoxy) is 1. The number of nitrogens with one attached hydrogen (secondary N) is 1. The Morgan fingerprint density at radius 3 is 2.85 bits per heavy atom. The Balaban J connectivity index is 1.71. The van der Waals surface area contributed by atoms with E-state index in [4.69, 9.17) is 22.1 Å². The Kier molecular flexibility index (Phi) is 5.78. The Labute approximate surface area is 157 Å². The molecule has 1 saturated heterocycles. The van der Waals surface area contributed by atoms with Crippen molar-refractivity contribution in [2.24, 2.45) is 5.92 Å². The van der Waals surface area contributed by atoms with E-state index in [1.807, 2.05) is 19.1 Å². The van der Waals surface area contributed by atoms with E-state index in [-0.39, 0.29) is 11.9 Å². The number of halogens is 1. The number of hydrogen-bond donors (Lipinski definition) is 2. The summed E-state index contributed by atoms with van der Waals surface area (Å²) >= 11 is 6.02. The summed E-state index contributed by atoms with van der Waals surface area (Å²) in [5, 5.41) is 3.80. The van der Waals surface area contributed by atoms with Crippen LogP contribution < -0.4 is 16.0 Å². The minimum absolute atomic E-state index is 0.0571. The molecule has 2 heterocycles. The molecule has 26 heavy (non-hydrogen) atoms. The molecule has 1 fully saturated rings. The van der Waals surface area contributed by atoms with Crippen LogP contribution in [0.2, 0.25) is 5.02 Å². The van der Waals surface area contributed by atoms with Gasteiger partial charge in [0.25, 0.3) is 0 Å². The highest BCUT2D eigenvalue weighted by atomic mass is 35.5. The van der Waals surface area contributed by atoms with Gasteiger partial charge in [0.15, 0.2) is 11.6 Å². The van der Waals surface area contributed by atoms with Crippen LogP contribution in [0.25, 0.3) is 0 Å². The molecule has 0 amide bonds. The number of nitrogens with zero attached hydrogens (tertiary/aromatic N) is 3. The minimum atomic E-state index is -0.119. The van der Waals surface area contributed by atoms with Gasteiger partial charge in [-0.1, -0.05) is 17.7 Å². The van der Waals surface area contributed by atoms with Crippen LogP contribution in [0.1, 0.15) is 19.8 Å². The molecule has 138 valence electrons. The van der Waals surface area contributed by atoms with Crippen molar-refractivity contribution >= 4 is 40.6 Å². The van der Waals surface area contributed by atoms with Gasteiger partial charge >= 0.3 is 5.97 Å². The first-order chi connectivity index (χ1) is 12.6. The minimum Gasteiger partial charge on any atom is -0.466 e. The Morgan fingerprint density at radius 2 is 2.15 bits per heavy atom. The van der Waals surface area contributed by atoms with Crippen molar-refractivity contribution in [2.75, 3.05) is 35.6 Å². The quantitative estimate of drug-likeness (QED) is 0.775. The average molecular weight is 376 g/mol. The van der Waals surface area contributed by atoms with E-state index >= 15 is 0 Å². The molecule has 1 aliphatic rings. The number of carbonyl (C=O) groups is 1. The van der Waals surface area contributed by atoms with Gasteiger partial charge in [0.05, 0.1) is 12.5 Å². The maximum Gasteiger partial charge on any atom is 0.309 e. The third-order valence-corrected chi connectivity index (χ3v) is 4.60. The molecule has 0 radical (unpaired) electrons. The third-order valence-electron chi connectivity index (χ3n) is 4.36. The molecular formula is C18H22ClN5O2. The molecule has 0 spiro atoms. The zero-order chi connectivity index (χ0) is 18.5. The molecule has 1 aliphatic heterocycles. The second-order valence-corrected chi connectivity index (χ2v) is 6.54. The number of esters is 1. The fourth-order valence-electron chi connectivity index (χ4n) is 3.03. The molecule has 0 saturated carbocycles. The highest BCUT2D eigenvalue weighted by Crippen LogP contribution is 2.31. The highest BCUT2D eigenvalue weighted by molar-refractivity contribution is 6.30. The topological polar surface area (TPSA) is 93.4 Å². The molecule has 2 aromatic rings. The van der Waals surface area contributed by atoms with Crippen molar-refractivity contribution in [1.82, 2.24) is 9.97 Å². The van der Waals surface area contributed by atoms with Crippen molar-refractivity contribution in [3.63, 3.8) is 0 Å². The number of aromatic nitrogens is 2. The van der Waals surface area contributed by atoms with Crippen LogP contribution in [0.4, 0.5) is 23.0 Å². The maximum absolute atomic E-state index is 11.9. The molecule has 7 nitrogen and oxygen atoms in total. The number of nitrogens with two attached hydrogens (primary N) is 1. The van der Waals surface area contributed by atoms with Gasteiger partial charge in [-0.05, 0) is 38.0 Å². The standard InChI is InChI=1S/C18H22ClN5O2/c1-2-26-18(25)12-6-8-24(9-7-12)17-15(20)16(21-11-22-17)23-14-5-3-4-13(19)10-14/h3-5,10-12H,2,6-9,20H2,1H3,(H,21,22,23). The van der Waals surface area contributed by atoms with Crippen LogP contribution in [0.3, 0.4) is 0 Å². The third kappa shape index (κ3) is 4.16. The van der Waals surface area contributed by atoms with Gasteiger partial charge in [0.2, 0.25) is 0 Å². The molecule has 1 aromatic heterocycles. The van der Waals surface area contributed by atoms with Crippen molar-refractivity contribution in [3.8, 4) is 0 Å². The Hall–Kier alpha value is -2.54. The monoisotopic (exact) mass is 375 g/mol. The number of benzene rings is 1. The molecule has 0 aliphatic carbocycles. The predicted molar refractivity (Wildman–Crippen MR) is 103 cm³/mol. The van der Waals surface area contributed by atoms with Gasteiger partial charge < -0.3 is 20.7 Å². The Bertz CT molecular complexity index is 778. The summed E-state index contributed by atoms with van der Waals surface area (Å²) in [5.41, 5.74) is 7.56. The van der Waals surface area contributed by atoms with Gasteiger partial charge in [-0.3, -0.25) is 4.79 Å². The average Bonchev–Trinajstić information content (AvgIpc) is 2.64.